The fourth-order valence-corrected chi connectivity index (χ4v) is 4.46. The number of amides is 1. The van der Waals surface area contributed by atoms with Crippen LogP contribution in [0.5, 0.6) is 0 Å². The molecule has 1 amide bonds. The number of ether oxygens (including phenoxy) is 1. The molecule has 3 aliphatic rings. The standard InChI is InChI=1S/C15H13Cl2NO3/c16-9-2-1-7(5-10(9)17)18-14(19)12-6-3-8-11(4-6)21-15(20)13(8)12/h1-2,5-6,8,11-13H,3-4H2,(H,18,19)/t6-,8+,11-,12+,13+/m0/s1. The van der Waals surface area contributed by atoms with Crippen LogP contribution in [0, 0.1) is 23.7 Å². The minimum Gasteiger partial charge on any atom is -0.462 e. The van der Waals surface area contributed by atoms with Crippen molar-refractivity contribution >= 4 is 40.8 Å². The first-order valence-electron chi connectivity index (χ1n) is 7.01. The Morgan fingerprint density at radius 3 is 2.81 bits per heavy atom. The highest BCUT2D eigenvalue weighted by Gasteiger charge is 2.63. The summed E-state index contributed by atoms with van der Waals surface area (Å²) in [5, 5.41) is 3.68. The third-order valence-corrected chi connectivity index (χ3v) is 5.71. The van der Waals surface area contributed by atoms with E-state index in [4.69, 9.17) is 27.9 Å². The summed E-state index contributed by atoms with van der Waals surface area (Å²) < 4.78 is 5.35. The van der Waals surface area contributed by atoms with E-state index in [1.807, 2.05) is 0 Å². The van der Waals surface area contributed by atoms with Crippen molar-refractivity contribution in [2.24, 2.45) is 23.7 Å². The summed E-state index contributed by atoms with van der Waals surface area (Å²) in [6.07, 6.45) is 1.77. The summed E-state index contributed by atoms with van der Waals surface area (Å²) in [5.74, 6) is -0.402. The molecule has 110 valence electrons. The van der Waals surface area contributed by atoms with Crippen LogP contribution in [0.1, 0.15) is 12.8 Å². The normalized spacial score (nSPS) is 35.9. The highest BCUT2D eigenvalue weighted by atomic mass is 35.5. The molecule has 1 N–H and O–H groups in total. The Morgan fingerprint density at radius 2 is 2.05 bits per heavy atom. The Hall–Kier alpha value is -1.26. The molecule has 1 saturated heterocycles. The van der Waals surface area contributed by atoms with Crippen LogP contribution in [0.3, 0.4) is 0 Å². The molecule has 2 bridgehead atoms. The Morgan fingerprint density at radius 1 is 1.24 bits per heavy atom. The zero-order valence-corrected chi connectivity index (χ0v) is 12.5. The van der Waals surface area contributed by atoms with Gasteiger partial charge >= 0.3 is 5.97 Å². The average molecular weight is 326 g/mol. The Balaban J connectivity index is 1.55. The van der Waals surface area contributed by atoms with Crippen LogP contribution < -0.4 is 5.32 Å². The largest absolute Gasteiger partial charge is 0.462 e. The topological polar surface area (TPSA) is 55.4 Å². The minimum atomic E-state index is -0.282. The lowest BCUT2D eigenvalue weighted by atomic mass is 9.79. The smallest absolute Gasteiger partial charge is 0.310 e. The summed E-state index contributed by atoms with van der Waals surface area (Å²) in [5.41, 5.74) is 0.597. The fourth-order valence-electron chi connectivity index (χ4n) is 4.16. The molecule has 1 heterocycles. The highest BCUT2D eigenvalue weighted by molar-refractivity contribution is 6.42. The first-order chi connectivity index (χ1) is 10.0. The number of hydrogen-bond acceptors (Lipinski definition) is 3. The van der Waals surface area contributed by atoms with E-state index in [9.17, 15) is 9.59 Å². The van der Waals surface area contributed by atoms with Crippen molar-refractivity contribution in [1.29, 1.82) is 0 Å². The van der Waals surface area contributed by atoms with Gasteiger partial charge in [0.2, 0.25) is 5.91 Å². The average Bonchev–Trinajstić information content (AvgIpc) is 3.04. The van der Waals surface area contributed by atoms with Gasteiger partial charge in [0.25, 0.3) is 0 Å². The lowest BCUT2D eigenvalue weighted by Gasteiger charge is -2.23. The molecule has 3 fully saturated rings. The summed E-state index contributed by atoms with van der Waals surface area (Å²) in [4.78, 5) is 24.5. The molecular weight excluding hydrogens is 313 g/mol. The molecule has 5 atom stereocenters. The number of nitrogens with one attached hydrogen (secondary N) is 1. The number of carbonyl (C=O) groups excluding carboxylic acids is 2. The first kappa shape index (κ1) is 13.4. The van der Waals surface area contributed by atoms with Crippen LogP contribution in [-0.4, -0.2) is 18.0 Å². The Labute approximate surface area is 131 Å². The molecule has 2 aliphatic carbocycles. The predicted molar refractivity (Wildman–Crippen MR) is 78.2 cm³/mol. The first-order valence-corrected chi connectivity index (χ1v) is 7.76. The highest BCUT2D eigenvalue weighted by Crippen LogP contribution is 2.57. The summed E-state index contributed by atoms with van der Waals surface area (Å²) in [7, 11) is 0. The van der Waals surface area contributed by atoms with E-state index in [0.717, 1.165) is 12.8 Å². The number of halogens is 2. The monoisotopic (exact) mass is 325 g/mol. The molecule has 6 heteroatoms. The van der Waals surface area contributed by atoms with Crippen molar-refractivity contribution in [2.45, 2.75) is 18.9 Å². The van der Waals surface area contributed by atoms with Gasteiger partial charge in [0, 0.05) is 11.6 Å². The maximum absolute atomic E-state index is 12.5. The number of carbonyl (C=O) groups is 2. The van der Waals surface area contributed by atoms with E-state index >= 15 is 0 Å². The molecule has 0 aromatic heterocycles. The SMILES string of the molecule is O=C(Nc1ccc(Cl)c(Cl)c1)[C@@H]1[C@H]2C[C@H]3[C@H]1C(=O)O[C@H]3C2. The minimum absolute atomic E-state index is 0.0431. The van der Waals surface area contributed by atoms with Crippen LogP contribution in [0.2, 0.25) is 10.0 Å². The summed E-state index contributed by atoms with van der Waals surface area (Å²) >= 11 is 11.8. The lowest BCUT2D eigenvalue weighted by Crippen LogP contribution is -2.35. The van der Waals surface area contributed by atoms with Gasteiger partial charge in [0.15, 0.2) is 0 Å². The maximum Gasteiger partial charge on any atom is 0.310 e. The van der Waals surface area contributed by atoms with Crippen molar-refractivity contribution < 1.29 is 14.3 Å². The predicted octanol–water partition coefficient (Wildman–Crippen LogP) is 3.13. The zero-order valence-electron chi connectivity index (χ0n) is 11.0. The van der Waals surface area contributed by atoms with Crippen LogP contribution in [-0.2, 0) is 14.3 Å². The quantitative estimate of drug-likeness (QED) is 0.850. The van der Waals surface area contributed by atoms with Gasteiger partial charge in [0.1, 0.15) is 6.10 Å². The summed E-state index contributed by atoms with van der Waals surface area (Å²) in [6, 6.07) is 4.96. The van der Waals surface area contributed by atoms with Crippen LogP contribution in [0.4, 0.5) is 5.69 Å². The van der Waals surface area contributed by atoms with E-state index in [1.54, 1.807) is 18.2 Å². The number of fused-ring (bicyclic) bond motifs is 1. The molecule has 1 aliphatic heterocycles. The molecule has 21 heavy (non-hydrogen) atoms. The number of hydrogen-bond donors (Lipinski definition) is 1. The van der Waals surface area contributed by atoms with E-state index in [1.165, 1.54) is 0 Å². The van der Waals surface area contributed by atoms with Gasteiger partial charge in [-0.25, -0.2) is 0 Å². The van der Waals surface area contributed by atoms with Crippen molar-refractivity contribution in [3.05, 3.63) is 28.2 Å². The van der Waals surface area contributed by atoms with Crippen molar-refractivity contribution in [1.82, 2.24) is 0 Å². The Kier molecular flexibility index (Phi) is 2.95. The molecule has 0 unspecified atom stereocenters. The third kappa shape index (κ3) is 1.96. The van der Waals surface area contributed by atoms with Crippen molar-refractivity contribution in [3.8, 4) is 0 Å². The van der Waals surface area contributed by atoms with Gasteiger partial charge in [-0.05, 0) is 37.0 Å². The Bertz CT molecular complexity index is 646. The number of rotatable bonds is 2. The number of anilines is 1. The van der Waals surface area contributed by atoms with Crippen molar-refractivity contribution in [3.63, 3.8) is 0 Å². The van der Waals surface area contributed by atoms with Gasteiger partial charge in [-0.3, -0.25) is 9.59 Å². The third-order valence-electron chi connectivity index (χ3n) is 4.97. The molecule has 1 aromatic carbocycles. The van der Waals surface area contributed by atoms with E-state index in [2.05, 4.69) is 5.32 Å². The van der Waals surface area contributed by atoms with E-state index < -0.39 is 0 Å². The van der Waals surface area contributed by atoms with Gasteiger partial charge < -0.3 is 10.1 Å². The number of esters is 1. The second kappa shape index (κ2) is 4.62. The fraction of sp³-hybridized carbons (Fsp3) is 0.467. The molecule has 4 rings (SSSR count). The molecule has 1 aromatic rings. The lowest BCUT2D eigenvalue weighted by molar-refractivity contribution is -0.145. The second-order valence-electron chi connectivity index (χ2n) is 6.04. The molecule has 2 saturated carbocycles. The number of benzene rings is 1. The van der Waals surface area contributed by atoms with Gasteiger partial charge in [-0.15, -0.1) is 0 Å². The van der Waals surface area contributed by atoms with Crippen LogP contribution >= 0.6 is 23.2 Å². The molecular formula is C15H13Cl2NO3. The van der Waals surface area contributed by atoms with Crippen LogP contribution in [0.15, 0.2) is 18.2 Å². The van der Waals surface area contributed by atoms with Crippen molar-refractivity contribution in [2.75, 3.05) is 5.32 Å². The molecule has 0 radical (unpaired) electrons. The van der Waals surface area contributed by atoms with E-state index in [0.29, 0.717) is 15.7 Å². The van der Waals surface area contributed by atoms with E-state index in [-0.39, 0.29) is 41.7 Å². The zero-order chi connectivity index (χ0) is 14.7. The second-order valence-corrected chi connectivity index (χ2v) is 6.85. The summed E-state index contributed by atoms with van der Waals surface area (Å²) in [6.45, 7) is 0. The van der Waals surface area contributed by atoms with Crippen LogP contribution in [0.25, 0.3) is 0 Å². The van der Waals surface area contributed by atoms with Gasteiger partial charge in [-0.2, -0.15) is 0 Å². The van der Waals surface area contributed by atoms with Gasteiger partial charge in [0.05, 0.1) is 21.9 Å². The molecule has 0 spiro atoms. The maximum atomic E-state index is 12.5. The van der Waals surface area contributed by atoms with Gasteiger partial charge in [-0.1, -0.05) is 23.2 Å². The molecule has 4 nitrogen and oxygen atoms in total.